The number of hydrogen-bond donors (Lipinski definition) is 0. The van der Waals surface area contributed by atoms with E-state index in [0.29, 0.717) is 12.0 Å². The lowest BCUT2D eigenvalue weighted by molar-refractivity contribution is -0.178. The van der Waals surface area contributed by atoms with Crippen molar-refractivity contribution in [1.82, 2.24) is 0 Å². The van der Waals surface area contributed by atoms with Gasteiger partial charge in [0.05, 0.1) is 6.10 Å². The molecule has 0 spiro atoms. The second-order valence-electron chi connectivity index (χ2n) is 3.98. The molecular formula is C12H14O4. The lowest BCUT2D eigenvalue weighted by atomic mass is 10.2. The highest BCUT2D eigenvalue weighted by atomic mass is 16.7. The number of allylic oxidation sites excluding steroid dienone is 2. The Balaban J connectivity index is 1.91. The van der Waals surface area contributed by atoms with Crippen LogP contribution in [0.25, 0.3) is 0 Å². The molecule has 0 N–H and O–H groups in total. The van der Waals surface area contributed by atoms with E-state index < -0.39 is 0 Å². The van der Waals surface area contributed by atoms with Gasteiger partial charge in [-0.3, -0.25) is 4.79 Å². The maximum Gasteiger partial charge on any atom is 0.166 e. The normalized spacial score (nSPS) is 29.8. The Labute approximate surface area is 93.9 Å². The first-order valence-electron chi connectivity index (χ1n) is 5.52. The van der Waals surface area contributed by atoms with E-state index in [1.165, 1.54) is 0 Å². The van der Waals surface area contributed by atoms with Crippen LogP contribution in [-0.4, -0.2) is 30.7 Å². The molecule has 4 heteroatoms. The summed E-state index contributed by atoms with van der Waals surface area (Å²) in [5.74, 6) is 1.55. The number of Topliss-reactive ketones (excluding diaryl/α,β-unsaturated/α-hetero) is 1. The van der Waals surface area contributed by atoms with Gasteiger partial charge in [-0.1, -0.05) is 0 Å². The summed E-state index contributed by atoms with van der Waals surface area (Å²) in [5.41, 5.74) is 0.399. The largest absolute Gasteiger partial charge is 0.353 e. The number of hydrogen-bond acceptors (Lipinski definition) is 4. The Morgan fingerprint density at radius 3 is 3.06 bits per heavy atom. The molecule has 1 unspecified atom stereocenters. The zero-order valence-electron chi connectivity index (χ0n) is 8.98. The van der Waals surface area contributed by atoms with Crippen LogP contribution in [0.3, 0.4) is 0 Å². The minimum atomic E-state index is -0.254. The maximum atomic E-state index is 11.4. The number of carbonyl (C=O) groups excluding carboxylic acids is 2. The quantitative estimate of drug-likeness (QED) is 0.673. The molecule has 1 aliphatic carbocycles. The zero-order chi connectivity index (χ0) is 11.4. The number of carbonyl (C=O) groups is 1. The van der Waals surface area contributed by atoms with Crippen LogP contribution in [0.1, 0.15) is 25.7 Å². The molecule has 0 bridgehead atoms. The van der Waals surface area contributed by atoms with Gasteiger partial charge in [-0.25, -0.2) is 4.79 Å². The van der Waals surface area contributed by atoms with Crippen LogP contribution in [-0.2, 0) is 19.1 Å². The van der Waals surface area contributed by atoms with Crippen molar-refractivity contribution in [1.29, 1.82) is 0 Å². The van der Waals surface area contributed by atoms with Crippen LogP contribution in [0.15, 0.2) is 17.7 Å². The van der Waals surface area contributed by atoms with Crippen molar-refractivity contribution < 1.29 is 19.1 Å². The topological polar surface area (TPSA) is 52.6 Å². The van der Waals surface area contributed by atoms with Crippen molar-refractivity contribution in [2.45, 2.75) is 38.1 Å². The standard InChI is InChI=1S/C12H14O4/c13-5-4-9-7-10(8-11(9)14)16-12-3-1-2-6-15-12/h4,7,10,12H,1-3,6,8H2/t10-,12?/m0/s1. The summed E-state index contributed by atoms with van der Waals surface area (Å²) < 4.78 is 11.0. The average Bonchev–Trinajstić information content (AvgIpc) is 2.61. The van der Waals surface area contributed by atoms with E-state index in [4.69, 9.17) is 9.47 Å². The van der Waals surface area contributed by atoms with Gasteiger partial charge in [0.15, 0.2) is 12.1 Å². The zero-order valence-corrected chi connectivity index (χ0v) is 8.98. The molecule has 0 aromatic heterocycles. The summed E-state index contributed by atoms with van der Waals surface area (Å²) in [6.07, 6.45) is 5.70. The van der Waals surface area contributed by atoms with Crippen molar-refractivity contribution in [3.8, 4) is 0 Å². The molecule has 2 aliphatic rings. The molecule has 1 saturated heterocycles. The summed E-state index contributed by atoms with van der Waals surface area (Å²) in [7, 11) is 0. The van der Waals surface area contributed by atoms with E-state index in [-0.39, 0.29) is 18.2 Å². The van der Waals surface area contributed by atoms with Gasteiger partial charge < -0.3 is 9.47 Å². The van der Waals surface area contributed by atoms with Crippen LogP contribution in [0, 0.1) is 0 Å². The van der Waals surface area contributed by atoms with E-state index in [1.807, 2.05) is 0 Å². The molecule has 16 heavy (non-hydrogen) atoms. The minimum absolute atomic E-state index is 0.0656. The maximum absolute atomic E-state index is 11.4. The smallest absolute Gasteiger partial charge is 0.166 e. The molecule has 0 saturated carbocycles. The third-order valence-corrected chi connectivity index (χ3v) is 2.75. The van der Waals surface area contributed by atoms with Crippen molar-refractivity contribution in [3.63, 3.8) is 0 Å². The Bertz CT molecular complexity index is 346. The first-order valence-corrected chi connectivity index (χ1v) is 5.52. The van der Waals surface area contributed by atoms with Crippen molar-refractivity contribution in [2.24, 2.45) is 0 Å². The van der Waals surface area contributed by atoms with Crippen LogP contribution >= 0.6 is 0 Å². The second kappa shape index (κ2) is 5.21. The molecule has 0 aromatic rings. The Hall–Kier alpha value is -1.22. The molecule has 2 atom stereocenters. The predicted molar refractivity (Wildman–Crippen MR) is 56.4 cm³/mol. The SMILES string of the molecule is O=C=CC1=C[C@H](OC2CCCCO2)CC1=O. The molecular weight excluding hydrogens is 208 g/mol. The molecule has 1 aliphatic heterocycles. The molecule has 1 fully saturated rings. The molecule has 2 rings (SSSR count). The first-order chi connectivity index (χ1) is 7.79. The molecule has 4 nitrogen and oxygen atoms in total. The van der Waals surface area contributed by atoms with Gasteiger partial charge in [0.25, 0.3) is 0 Å². The van der Waals surface area contributed by atoms with Gasteiger partial charge in [0.2, 0.25) is 0 Å². The van der Waals surface area contributed by atoms with E-state index in [1.54, 1.807) is 12.0 Å². The van der Waals surface area contributed by atoms with E-state index in [0.717, 1.165) is 31.9 Å². The highest BCUT2D eigenvalue weighted by molar-refractivity contribution is 6.02. The van der Waals surface area contributed by atoms with Gasteiger partial charge in [-0.15, -0.1) is 0 Å². The van der Waals surface area contributed by atoms with Gasteiger partial charge >= 0.3 is 0 Å². The monoisotopic (exact) mass is 222 g/mol. The number of ketones is 1. The van der Waals surface area contributed by atoms with Gasteiger partial charge in [-0.2, -0.15) is 0 Å². The second-order valence-corrected chi connectivity index (χ2v) is 3.98. The highest BCUT2D eigenvalue weighted by Crippen LogP contribution is 2.23. The van der Waals surface area contributed by atoms with E-state index in [2.05, 4.69) is 0 Å². The molecule has 86 valence electrons. The summed E-state index contributed by atoms with van der Waals surface area (Å²) >= 11 is 0. The third kappa shape index (κ3) is 2.67. The minimum Gasteiger partial charge on any atom is -0.353 e. The molecule has 0 radical (unpaired) electrons. The van der Waals surface area contributed by atoms with Crippen molar-refractivity contribution in [2.75, 3.05) is 6.61 Å². The highest BCUT2D eigenvalue weighted by Gasteiger charge is 2.26. The van der Waals surface area contributed by atoms with Crippen LogP contribution in [0.2, 0.25) is 0 Å². The fourth-order valence-corrected chi connectivity index (χ4v) is 1.95. The Kier molecular flexibility index (Phi) is 3.67. The van der Waals surface area contributed by atoms with Gasteiger partial charge in [0.1, 0.15) is 5.94 Å². The van der Waals surface area contributed by atoms with Crippen molar-refractivity contribution >= 4 is 11.7 Å². The summed E-state index contributed by atoms with van der Waals surface area (Å²) in [6, 6.07) is 0. The third-order valence-electron chi connectivity index (χ3n) is 2.75. The van der Waals surface area contributed by atoms with Crippen LogP contribution in [0.5, 0.6) is 0 Å². The Morgan fingerprint density at radius 1 is 1.50 bits per heavy atom. The Morgan fingerprint density at radius 2 is 2.38 bits per heavy atom. The van der Waals surface area contributed by atoms with Gasteiger partial charge in [0, 0.05) is 24.7 Å². The molecule has 0 aromatic carbocycles. The first kappa shape index (κ1) is 11.3. The van der Waals surface area contributed by atoms with E-state index >= 15 is 0 Å². The molecule has 0 amide bonds. The van der Waals surface area contributed by atoms with Crippen LogP contribution < -0.4 is 0 Å². The lowest BCUT2D eigenvalue weighted by Gasteiger charge is -2.24. The predicted octanol–water partition coefficient (Wildman–Crippen LogP) is 1.19. The van der Waals surface area contributed by atoms with Crippen LogP contribution in [0.4, 0.5) is 0 Å². The number of ether oxygens (including phenoxy) is 2. The summed E-state index contributed by atoms with van der Waals surface area (Å²) in [5, 5.41) is 0. The summed E-state index contributed by atoms with van der Waals surface area (Å²) in [6.45, 7) is 0.718. The fraction of sp³-hybridized carbons (Fsp3) is 0.583. The van der Waals surface area contributed by atoms with Crippen molar-refractivity contribution in [3.05, 3.63) is 17.7 Å². The summed E-state index contributed by atoms with van der Waals surface area (Å²) in [4.78, 5) is 21.6. The number of rotatable bonds is 3. The average molecular weight is 222 g/mol. The molecule has 1 heterocycles. The van der Waals surface area contributed by atoms with Gasteiger partial charge in [-0.05, 0) is 25.3 Å². The lowest BCUT2D eigenvalue weighted by Crippen LogP contribution is -2.26. The fourth-order valence-electron chi connectivity index (χ4n) is 1.95. The van der Waals surface area contributed by atoms with E-state index in [9.17, 15) is 9.59 Å².